The molecule has 6 heterocycles. The van der Waals surface area contributed by atoms with Gasteiger partial charge >= 0.3 is 0 Å². The highest BCUT2D eigenvalue weighted by atomic mass is 32.2. The number of thioether (sulfide) groups is 1. The van der Waals surface area contributed by atoms with E-state index in [9.17, 15) is 27.9 Å². The average molecular weight is 586 g/mol. The number of carbonyl (C=O) groups excluding carboxylic acids is 3. The fourth-order valence-electron chi connectivity index (χ4n) is 5.84. The number of hydrogen-bond acceptors (Lipinski definition) is 13. The maximum Gasteiger partial charge on any atom is 0.278 e. The molecule has 5 aliphatic rings. The predicted octanol–water partition coefficient (Wildman–Crippen LogP) is -2.33. The second-order valence-corrected chi connectivity index (χ2v) is 14.4. The van der Waals surface area contributed by atoms with Crippen LogP contribution in [0.15, 0.2) is 16.4 Å². The lowest BCUT2D eigenvalue weighted by atomic mass is 9.84. The number of hydrogen-bond donors (Lipinski definition) is 2. The molecule has 0 radical (unpaired) electrons. The zero-order valence-corrected chi connectivity index (χ0v) is 23.2. The van der Waals surface area contributed by atoms with Crippen LogP contribution >= 0.6 is 23.3 Å². The van der Waals surface area contributed by atoms with E-state index in [1.165, 1.54) is 30.0 Å². The molecule has 1 aromatic heterocycles. The van der Waals surface area contributed by atoms with Gasteiger partial charge < -0.3 is 30.3 Å². The molecule has 6 rings (SSSR count). The van der Waals surface area contributed by atoms with Crippen LogP contribution in [0.1, 0.15) is 25.1 Å². The summed E-state index contributed by atoms with van der Waals surface area (Å²) in [5.74, 6) is -2.51. The van der Waals surface area contributed by atoms with Gasteiger partial charge in [0.1, 0.15) is 25.1 Å². The SMILES string of the molecule is CO/N=C(\C(=O)N[C@@H]1C(=O)N2C(C(=O)[O-])=C(C[N+]34CCC(S(C)(=O)=O)(CC3)CC4)CS[C@H]12)c1nsc(N)n1. The number of nitrogens with zero attached hydrogens (tertiary/aromatic N) is 5. The Morgan fingerprint density at radius 2 is 1.97 bits per heavy atom. The van der Waals surface area contributed by atoms with Gasteiger partial charge in [0.05, 0.1) is 36.0 Å². The molecular formula is C21H27N7O7S3. The van der Waals surface area contributed by atoms with Crippen molar-refractivity contribution < 1.29 is 37.2 Å². The molecule has 0 aliphatic carbocycles. The lowest BCUT2D eigenvalue weighted by molar-refractivity contribution is -0.937. The lowest BCUT2D eigenvalue weighted by Gasteiger charge is -2.55. The van der Waals surface area contributed by atoms with Crippen LogP contribution in [0.25, 0.3) is 0 Å². The number of aliphatic carboxylic acids is 1. The summed E-state index contributed by atoms with van der Waals surface area (Å²) in [4.78, 5) is 48.0. The zero-order chi connectivity index (χ0) is 27.5. The maximum atomic E-state index is 13.1. The second kappa shape index (κ2) is 9.46. The van der Waals surface area contributed by atoms with Crippen molar-refractivity contribution in [3.05, 3.63) is 17.1 Å². The lowest BCUT2D eigenvalue weighted by Crippen LogP contribution is -2.72. The number of anilines is 1. The third kappa shape index (κ3) is 4.34. The van der Waals surface area contributed by atoms with Crippen molar-refractivity contribution in [1.29, 1.82) is 0 Å². The number of fused-ring (bicyclic) bond motifs is 4. The number of nitrogens with two attached hydrogens (primary N) is 1. The fraction of sp³-hybridized carbons (Fsp3) is 0.619. The number of aromatic nitrogens is 2. The Morgan fingerprint density at radius 3 is 2.50 bits per heavy atom. The normalized spacial score (nSPS) is 31.1. The van der Waals surface area contributed by atoms with Gasteiger partial charge in [0.15, 0.2) is 15.0 Å². The van der Waals surface area contributed by atoms with Gasteiger partial charge in [0.25, 0.3) is 11.8 Å². The molecule has 0 saturated carbocycles. The summed E-state index contributed by atoms with van der Waals surface area (Å²) >= 11 is 2.22. The topological polar surface area (TPSA) is 197 Å². The fourth-order valence-corrected chi connectivity index (χ4v) is 9.00. The molecule has 2 atom stereocenters. The predicted molar refractivity (Wildman–Crippen MR) is 136 cm³/mol. The van der Waals surface area contributed by atoms with E-state index in [1.807, 2.05) is 0 Å². The number of piperidine rings is 3. The number of carboxylic acid groups (broad SMARTS) is 1. The van der Waals surface area contributed by atoms with Crippen LogP contribution in [0.4, 0.5) is 5.13 Å². The van der Waals surface area contributed by atoms with Crippen LogP contribution < -0.4 is 16.2 Å². The van der Waals surface area contributed by atoms with Crippen LogP contribution in [0.2, 0.25) is 0 Å². The van der Waals surface area contributed by atoms with E-state index in [-0.39, 0.29) is 22.4 Å². The third-order valence-electron chi connectivity index (χ3n) is 8.02. The Bertz CT molecular complexity index is 1350. The Hall–Kier alpha value is -2.76. The Labute approximate surface area is 226 Å². The van der Waals surface area contributed by atoms with Gasteiger partial charge in [-0.1, -0.05) is 5.16 Å². The zero-order valence-electron chi connectivity index (χ0n) is 20.7. The monoisotopic (exact) mass is 585 g/mol. The average Bonchev–Trinajstić information content (AvgIpc) is 3.31. The van der Waals surface area contributed by atoms with Crippen molar-refractivity contribution in [2.45, 2.75) is 35.4 Å². The van der Waals surface area contributed by atoms with E-state index < -0.39 is 43.8 Å². The molecule has 4 fully saturated rings. The first-order valence-electron chi connectivity index (χ1n) is 11.8. The summed E-state index contributed by atoms with van der Waals surface area (Å²) in [6.07, 6.45) is 2.91. The number of sulfone groups is 1. The van der Waals surface area contributed by atoms with Gasteiger partial charge in [-0.3, -0.25) is 14.5 Å². The number of quaternary nitrogens is 1. The van der Waals surface area contributed by atoms with Crippen molar-refractivity contribution in [1.82, 2.24) is 19.6 Å². The number of oxime groups is 1. The molecule has 5 aliphatic heterocycles. The molecular weight excluding hydrogens is 558 g/mol. The quantitative estimate of drug-likeness (QED) is 0.144. The minimum Gasteiger partial charge on any atom is -0.543 e. The molecule has 2 bridgehead atoms. The van der Waals surface area contributed by atoms with Gasteiger partial charge in [-0.2, -0.15) is 9.36 Å². The smallest absolute Gasteiger partial charge is 0.278 e. The number of rotatable bonds is 8. The molecule has 14 nitrogen and oxygen atoms in total. The largest absolute Gasteiger partial charge is 0.543 e. The summed E-state index contributed by atoms with van der Waals surface area (Å²) in [6, 6.07) is -0.992. The minimum atomic E-state index is -3.19. The molecule has 0 aromatic carbocycles. The van der Waals surface area contributed by atoms with Gasteiger partial charge in [-0.15, -0.1) is 11.8 Å². The second-order valence-electron chi connectivity index (χ2n) is 10.1. The summed E-state index contributed by atoms with van der Waals surface area (Å²) in [6.45, 7) is 2.31. The summed E-state index contributed by atoms with van der Waals surface area (Å²) < 4.78 is 28.6. The summed E-state index contributed by atoms with van der Waals surface area (Å²) in [5, 5.41) is 17.9. The van der Waals surface area contributed by atoms with Crippen molar-refractivity contribution in [2.24, 2.45) is 5.16 Å². The van der Waals surface area contributed by atoms with Crippen LogP contribution in [0.3, 0.4) is 0 Å². The van der Waals surface area contributed by atoms with Gasteiger partial charge in [0, 0.05) is 48.4 Å². The van der Waals surface area contributed by atoms with E-state index in [2.05, 4.69) is 19.8 Å². The summed E-state index contributed by atoms with van der Waals surface area (Å²) in [5.41, 5.74) is 5.75. The van der Waals surface area contributed by atoms with E-state index in [0.29, 0.717) is 61.3 Å². The van der Waals surface area contributed by atoms with Crippen molar-refractivity contribution >= 4 is 61.8 Å². The highest BCUT2D eigenvalue weighted by Gasteiger charge is 2.57. The minimum absolute atomic E-state index is 0.0544. The standard InChI is InChI=1S/C21H27N7O7S3/c1-35-25-12(15-24-20(22)37-26-15)16(29)23-13-17(30)27-14(19(31)32)11(10-36-18(13)27)9-28-6-3-21(4-7-28,5-8-28)38(2,33)34/h13,18H,3-10H2,1-2H3,(H3-,22,23,24,26,29,31,32)/b25-12-/t13-,18-,21?,28?/m1/s1. The Balaban J connectivity index is 1.32. The summed E-state index contributed by atoms with van der Waals surface area (Å²) in [7, 11) is -1.95. The van der Waals surface area contributed by atoms with Gasteiger partial charge in [-0.25, -0.2) is 8.42 Å². The molecule has 38 heavy (non-hydrogen) atoms. The first-order chi connectivity index (χ1) is 17.9. The highest BCUT2D eigenvalue weighted by molar-refractivity contribution is 8.00. The highest BCUT2D eigenvalue weighted by Crippen LogP contribution is 2.45. The number of carbonyl (C=O) groups is 3. The van der Waals surface area contributed by atoms with Crippen LogP contribution in [-0.4, -0.2) is 112 Å². The van der Waals surface area contributed by atoms with Gasteiger partial charge in [-0.05, 0) is 0 Å². The molecule has 0 spiro atoms. The molecule has 1 aromatic rings. The number of nitrogens with one attached hydrogen (secondary N) is 1. The first kappa shape index (κ1) is 26.8. The molecule has 206 valence electrons. The number of nitrogen functional groups attached to an aromatic ring is 1. The first-order valence-corrected chi connectivity index (χ1v) is 15.6. The maximum absolute atomic E-state index is 13.1. The number of amides is 2. The van der Waals surface area contributed by atoms with Gasteiger partial charge in [0.2, 0.25) is 11.5 Å². The van der Waals surface area contributed by atoms with E-state index in [1.54, 1.807) is 0 Å². The van der Waals surface area contributed by atoms with Crippen molar-refractivity contribution in [2.75, 3.05) is 51.0 Å². The molecule has 0 unspecified atom stereocenters. The Morgan fingerprint density at radius 1 is 1.32 bits per heavy atom. The molecule has 17 heteroatoms. The van der Waals surface area contributed by atoms with E-state index >= 15 is 0 Å². The van der Waals surface area contributed by atoms with E-state index in [0.717, 1.165) is 11.5 Å². The Kier molecular flexibility index (Phi) is 6.68. The number of carboxylic acids is 1. The van der Waals surface area contributed by atoms with Crippen LogP contribution in [0.5, 0.6) is 0 Å². The molecule has 2 amide bonds. The third-order valence-corrected chi connectivity index (χ3v) is 12.1. The van der Waals surface area contributed by atoms with Crippen LogP contribution in [0, 0.1) is 0 Å². The van der Waals surface area contributed by atoms with E-state index in [4.69, 9.17) is 10.6 Å². The molecule has 3 N–H and O–H groups in total. The number of β-lactam (4-membered cyclic amide) rings is 1. The molecule has 4 saturated heterocycles. The van der Waals surface area contributed by atoms with Crippen LogP contribution in [-0.2, 0) is 29.1 Å². The van der Waals surface area contributed by atoms with Crippen molar-refractivity contribution in [3.63, 3.8) is 0 Å². The van der Waals surface area contributed by atoms with Crippen molar-refractivity contribution in [3.8, 4) is 0 Å².